The van der Waals surface area contributed by atoms with E-state index in [2.05, 4.69) is 0 Å². The zero-order chi connectivity index (χ0) is 8.20. The zero-order valence-electron chi connectivity index (χ0n) is 6.61. The maximum atomic E-state index is 10.6. The molecule has 0 bridgehead atoms. The molecule has 0 N–H and O–H groups in total. The number of ketones is 1. The van der Waals surface area contributed by atoms with Gasteiger partial charge in [-0.15, -0.1) is 11.6 Å². The van der Waals surface area contributed by atoms with Gasteiger partial charge in [-0.1, -0.05) is 0 Å². The van der Waals surface area contributed by atoms with Crippen molar-refractivity contribution in [3.05, 3.63) is 0 Å². The molecule has 10 heavy (non-hydrogen) atoms. The van der Waals surface area contributed by atoms with Crippen molar-refractivity contribution in [3.63, 3.8) is 0 Å². The van der Waals surface area contributed by atoms with E-state index in [1.54, 1.807) is 0 Å². The van der Waals surface area contributed by atoms with E-state index in [4.69, 9.17) is 16.3 Å². The lowest BCUT2D eigenvalue weighted by Gasteiger charge is -2.18. The highest BCUT2D eigenvalue weighted by Crippen LogP contribution is 2.05. The number of alkyl halides is 1. The second-order valence-electron chi connectivity index (χ2n) is 3.07. The van der Waals surface area contributed by atoms with Crippen LogP contribution in [0.4, 0.5) is 0 Å². The van der Waals surface area contributed by atoms with Crippen LogP contribution in [0.2, 0.25) is 0 Å². The summed E-state index contributed by atoms with van der Waals surface area (Å²) in [7, 11) is 0. The molecule has 0 aromatic rings. The minimum atomic E-state index is -0.248. The summed E-state index contributed by atoms with van der Waals surface area (Å²) in [5, 5.41) is 0. The van der Waals surface area contributed by atoms with Crippen LogP contribution in [0.3, 0.4) is 0 Å². The van der Waals surface area contributed by atoms with Crippen LogP contribution in [-0.4, -0.2) is 23.9 Å². The molecule has 0 aliphatic heterocycles. The molecule has 0 radical (unpaired) electrons. The fourth-order valence-electron chi connectivity index (χ4n) is 0.336. The van der Waals surface area contributed by atoms with Crippen LogP contribution in [0.5, 0.6) is 0 Å². The van der Waals surface area contributed by atoms with E-state index in [9.17, 15) is 4.79 Å². The molecule has 0 aliphatic rings. The quantitative estimate of drug-likeness (QED) is 0.593. The predicted octanol–water partition coefficient (Wildman–Crippen LogP) is 1.61. The third-order valence-electron chi connectivity index (χ3n) is 0.815. The molecule has 0 rings (SSSR count). The van der Waals surface area contributed by atoms with Gasteiger partial charge >= 0.3 is 0 Å². The minimum Gasteiger partial charge on any atom is -0.368 e. The van der Waals surface area contributed by atoms with E-state index in [-0.39, 0.29) is 23.9 Å². The number of Topliss-reactive ketones (excluding diaryl/α,β-unsaturated/α-hetero) is 1. The standard InChI is InChI=1S/C7H13ClO2/c1-7(2,3)10-5-6(9)4-8/h4-5H2,1-3H3. The van der Waals surface area contributed by atoms with Crippen molar-refractivity contribution in [2.45, 2.75) is 26.4 Å². The Morgan fingerprint density at radius 2 is 2.00 bits per heavy atom. The molecule has 0 saturated carbocycles. The summed E-state index contributed by atoms with van der Waals surface area (Å²) in [5.74, 6) is -0.0348. The Hall–Kier alpha value is -0.0800. The molecule has 0 atom stereocenters. The van der Waals surface area contributed by atoms with Gasteiger partial charge < -0.3 is 4.74 Å². The molecular weight excluding hydrogens is 152 g/mol. The number of hydrogen-bond donors (Lipinski definition) is 0. The van der Waals surface area contributed by atoms with Crippen LogP contribution in [0.25, 0.3) is 0 Å². The smallest absolute Gasteiger partial charge is 0.173 e. The lowest BCUT2D eigenvalue weighted by Crippen LogP contribution is -2.24. The molecule has 0 heterocycles. The molecule has 0 fully saturated rings. The van der Waals surface area contributed by atoms with Gasteiger partial charge in [-0.3, -0.25) is 4.79 Å². The zero-order valence-corrected chi connectivity index (χ0v) is 7.36. The third kappa shape index (κ3) is 6.05. The van der Waals surface area contributed by atoms with Crippen molar-refractivity contribution >= 4 is 17.4 Å². The topological polar surface area (TPSA) is 26.3 Å². The first-order valence-corrected chi connectivity index (χ1v) is 3.71. The molecule has 60 valence electrons. The molecule has 0 aromatic carbocycles. The lowest BCUT2D eigenvalue weighted by atomic mass is 10.2. The second-order valence-corrected chi connectivity index (χ2v) is 3.34. The summed E-state index contributed by atoms with van der Waals surface area (Å²) in [6.45, 7) is 5.81. The molecule has 2 nitrogen and oxygen atoms in total. The van der Waals surface area contributed by atoms with Crippen molar-refractivity contribution in [1.82, 2.24) is 0 Å². The van der Waals surface area contributed by atoms with Crippen molar-refractivity contribution in [3.8, 4) is 0 Å². The molecule has 0 aromatic heterocycles. The summed E-state index contributed by atoms with van der Waals surface area (Å²) in [5.41, 5.74) is -0.248. The van der Waals surface area contributed by atoms with Gasteiger partial charge in [0.05, 0.1) is 11.5 Å². The molecule has 0 unspecified atom stereocenters. The highest BCUT2D eigenvalue weighted by Gasteiger charge is 2.11. The van der Waals surface area contributed by atoms with Gasteiger partial charge in [0.1, 0.15) is 6.61 Å². The summed E-state index contributed by atoms with van der Waals surface area (Å²) in [4.78, 5) is 10.6. The number of hydrogen-bond acceptors (Lipinski definition) is 2. The fraction of sp³-hybridized carbons (Fsp3) is 0.857. The van der Waals surface area contributed by atoms with E-state index >= 15 is 0 Å². The first kappa shape index (κ1) is 9.92. The van der Waals surface area contributed by atoms with E-state index in [1.807, 2.05) is 20.8 Å². The van der Waals surface area contributed by atoms with Crippen LogP contribution >= 0.6 is 11.6 Å². The highest BCUT2D eigenvalue weighted by atomic mass is 35.5. The van der Waals surface area contributed by atoms with Crippen LogP contribution in [-0.2, 0) is 9.53 Å². The highest BCUT2D eigenvalue weighted by molar-refractivity contribution is 6.27. The number of carbonyl (C=O) groups excluding carboxylic acids is 1. The first-order chi connectivity index (χ1) is 4.45. The Morgan fingerprint density at radius 3 is 2.30 bits per heavy atom. The number of rotatable bonds is 3. The van der Waals surface area contributed by atoms with Gasteiger partial charge in [0, 0.05) is 0 Å². The van der Waals surface area contributed by atoms with E-state index in [0.29, 0.717) is 0 Å². The molecular formula is C7H13ClO2. The molecule has 0 saturated heterocycles. The molecule has 3 heteroatoms. The van der Waals surface area contributed by atoms with Crippen molar-refractivity contribution < 1.29 is 9.53 Å². The Bertz CT molecular complexity index is 115. The molecule has 0 amide bonds. The van der Waals surface area contributed by atoms with E-state index < -0.39 is 0 Å². The van der Waals surface area contributed by atoms with Crippen molar-refractivity contribution in [1.29, 1.82) is 0 Å². The number of ether oxygens (including phenoxy) is 1. The van der Waals surface area contributed by atoms with Gasteiger partial charge in [-0.05, 0) is 20.8 Å². The third-order valence-corrected chi connectivity index (χ3v) is 1.11. The second kappa shape index (κ2) is 3.94. The Labute approximate surface area is 66.5 Å². The first-order valence-electron chi connectivity index (χ1n) is 3.17. The van der Waals surface area contributed by atoms with E-state index in [0.717, 1.165) is 0 Å². The van der Waals surface area contributed by atoms with Crippen LogP contribution in [0.15, 0.2) is 0 Å². The van der Waals surface area contributed by atoms with Crippen LogP contribution < -0.4 is 0 Å². The van der Waals surface area contributed by atoms with Gasteiger partial charge in [-0.25, -0.2) is 0 Å². The maximum Gasteiger partial charge on any atom is 0.173 e. The number of carbonyl (C=O) groups is 1. The largest absolute Gasteiger partial charge is 0.368 e. The van der Waals surface area contributed by atoms with Crippen LogP contribution in [0.1, 0.15) is 20.8 Å². The summed E-state index contributed by atoms with van der Waals surface area (Å²) >= 11 is 5.25. The average Bonchev–Trinajstić information content (AvgIpc) is 1.81. The Morgan fingerprint density at radius 1 is 1.50 bits per heavy atom. The predicted molar refractivity (Wildman–Crippen MR) is 41.4 cm³/mol. The van der Waals surface area contributed by atoms with Crippen molar-refractivity contribution in [2.24, 2.45) is 0 Å². The van der Waals surface area contributed by atoms with Gasteiger partial charge in [0.2, 0.25) is 0 Å². The van der Waals surface area contributed by atoms with Gasteiger partial charge in [0.15, 0.2) is 5.78 Å². The Kier molecular flexibility index (Phi) is 3.91. The van der Waals surface area contributed by atoms with Gasteiger partial charge in [0.25, 0.3) is 0 Å². The van der Waals surface area contributed by atoms with Gasteiger partial charge in [-0.2, -0.15) is 0 Å². The Balaban J connectivity index is 3.46. The summed E-state index contributed by atoms with van der Waals surface area (Å²) < 4.78 is 5.15. The molecule has 0 aliphatic carbocycles. The maximum absolute atomic E-state index is 10.6. The lowest BCUT2D eigenvalue weighted by molar-refractivity contribution is -0.125. The van der Waals surface area contributed by atoms with E-state index in [1.165, 1.54) is 0 Å². The van der Waals surface area contributed by atoms with Crippen molar-refractivity contribution in [2.75, 3.05) is 12.5 Å². The monoisotopic (exact) mass is 164 g/mol. The SMILES string of the molecule is CC(C)(C)OCC(=O)CCl. The summed E-state index contributed by atoms with van der Waals surface area (Å²) in [6, 6.07) is 0. The molecule has 0 spiro atoms. The normalized spacial score (nSPS) is 11.6. The summed E-state index contributed by atoms with van der Waals surface area (Å²) in [6.07, 6.45) is 0. The average molecular weight is 165 g/mol. The van der Waals surface area contributed by atoms with Crippen LogP contribution in [0, 0.1) is 0 Å². The fourth-order valence-corrected chi connectivity index (χ4v) is 0.413. The number of halogens is 1. The minimum absolute atomic E-state index is 0.0378.